The van der Waals surface area contributed by atoms with Crippen molar-refractivity contribution in [2.45, 2.75) is 71.0 Å². The van der Waals surface area contributed by atoms with Crippen LogP contribution in [0.2, 0.25) is 0 Å². The first-order valence-electron chi connectivity index (χ1n) is 11.9. The maximum Gasteiger partial charge on any atom is 0.534 e. The summed E-state index contributed by atoms with van der Waals surface area (Å²) in [5.74, 6) is -0.697. The van der Waals surface area contributed by atoms with Gasteiger partial charge in [0.05, 0.1) is 6.04 Å². The van der Waals surface area contributed by atoms with Crippen molar-refractivity contribution < 1.29 is 40.1 Å². The molecule has 0 aliphatic carbocycles. The van der Waals surface area contributed by atoms with E-state index in [0.29, 0.717) is 44.5 Å². The summed E-state index contributed by atoms with van der Waals surface area (Å²) in [5.41, 5.74) is -4.72. The molecular formula is C24H33F3N2O6S. The Morgan fingerprint density at radius 1 is 1.06 bits per heavy atom. The second-order valence-electron chi connectivity index (χ2n) is 10.6. The number of alkyl halides is 3. The largest absolute Gasteiger partial charge is 0.534 e. The number of hydrogen-bond donors (Lipinski definition) is 0. The zero-order chi connectivity index (χ0) is 27.1. The van der Waals surface area contributed by atoms with E-state index in [1.54, 1.807) is 30.6 Å². The summed E-state index contributed by atoms with van der Waals surface area (Å²) in [4.78, 5) is 29.3. The van der Waals surface area contributed by atoms with Gasteiger partial charge < -0.3 is 18.7 Å². The van der Waals surface area contributed by atoms with Crippen LogP contribution in [0.4, 0.5) is 18.0 Å². The minimum absolute atomic E-state index is 0.000489. The van der Waals surface area contributed by atoms with E-state index in [-0.39, 0.29) is 23.8 Å². The van der Waals surface area contributed by atoms with Gasteiger partial charge in [0.15, 0.2) is 0 Å². The quantitative estimate of drug-likeness (QED) is 0.413. The van der Waals surface area contributed by atoms with Gasteiger partial charge in [-0.15, -0.1) is 0 Å². The Labute approximate surface area is 209 Å². The fourth-order valence-corrected chi connectivity index (χ4v) is 5.15. The second kappa shape index (κ2) is 10.1. The molecule has 202 valence electrons. The molecule has 1 saturated heterocycles. The minimum atomic E-state index is -5.77. The van der Waals surface area contributed by atoms with Gasteiger partial charge in [0.25, 0.3) is 0 Å². The number of carbonyl (C=O) groups is 2. The molecule has 12 heteroatoms. The van der Waals surface area contributed by atoms with Crippen molar-refractivity contribution in [1.82, 2.24) is 9.80 Å². The molecule has 0 aromatic heterocycles. The molecule has 36 heavy (non-hydrogen) atoms. The topological polar surface area (TPSA) is 93.2 Å². The molecule has 1 fully saturated rings. The maximum atomic E-state index is 13.5. The van der Waals surface area contributed by atoms with Gasteiger partial charge in [0, 0.05) is 25.6 Å². The Bertz CT molecular complexity index is 1090. The molecule has 0 saturated carbocycles. The van der Waals surface area contributed by atoms with E-state index in [0.717, 1.165) is 5.56 Å². The molecule has 0 spiro atoms. The molecule has 0 radical (unpaired) electrons. The lowest BCUT2D eigenvalue weighted by atomic mass is 9.84. The highest BCUT2D eigenvalue weighted by atomic mass is 32.2. The van der Waals surface area contributed by atoms with Gasteiger partial charge >= 0.3 is 21.7 Å². The van der Waals surface area contributed by atoms with E-state index < -0.39 is 33.1 Å². The van der Waals surface area contributed by atoms with Crippen LogP contribution in [0, 0.1) is 11.8 Å². The van der Waals surface area contributed by atoms with Gasteiger partial charge in [-0.1, -0.05) is 19.9 Å². The zero-order valence-corrected chi connectivity index (χ0v) is 21.9. The molecule has 2 aliphatic rings. The Kier molecular flexibility index (Phi) is 7.88. The van der Waals surface area contributed by atoms with Crippen molar-refractivity contribution in [3.63, 3.8) is 0 Å². The first kappa shape index (κ1) is 28.1. The summed E-state index contributed by atoms with van der Waals surface area (Å²) in [6, 6.07) is 3.70. The van der Waals surface area contributed by atoms with Crippen LogP contribution in [0.1, 0.15) is 64.6 Å². The lowest BCUT2D eigenvalue weighted by Gasteiger charge is -2.42. The van der Waals surface area contributed by atoms with E-state index in [4.69, 9.17) is 4.74 Å². The lowest BCUT2D eigenvalue weighted by molar-refractivity contribution is -0.141. The highest BCUT2D eigenvalue weighted by molar-refractivity contribution is 7.88. The number of likely N-dealkylation sites (tertiary alicyclic amines) is 1. The number of nitrogens with zero attached hydrogens (tertiary/aromatic N) is 2. The molecule has 1 atom stereocenters. The van der Waals surface area contributed by atoms with Gasteiger partial charge in [0.1, 0.15) is 11.4 Å². The standard InChI is InChI=1S/C24H33F3N2O6S/c1-15(2)20-19-7-6-18(35-36(32,33)24(25,26)27)14-17(19)10-13-29(20)21(30)16-8-11-28(12-9-16)22(31)34-23(3,4)5/h6-7,14-16,20H,8-13H2,1-5H3. The summed E-state index contributed by atoms with van der Waals surface area (Å²) < 4.78 is 70.6. The lowest BCUT2D eigenvalue weighted by Crippen LogP contribution is -2.49. The van der Waals surface area contributed by atoms with Gasteiger partial charge in [0.2, 0.25) is 5.91 Å². The van der Waals surface area contributed by atoms with E-state index in [9.17, 15) is 31.2 Å². The smallest absolute Gasteiger partial charge is 0.444 e. The van der Waals surface area contributed by atoms with Gasteiger partial charge in [-0.05, 0) is 69.2 Å². The fourth-order valence-electron chi connectivity index (χ4n) is 4.70. The Balaban J connectivity index is 1.73. The highest BCUT2D eigenvalue weighted by Crippen LogP contribution is 2.39. The Hall–Kier alpha value is -2.50. The van der Waals surface area contributed by atoms with Crippen LogP contribution in [-0.2, 0) is 26.1 Å². The van der Waals surface area contributed by atoms with Crippen molar-refractivity contribution >= 4 is 22.1 Å². The Morgan fingerprint density at radius 2 is 1.67 bits per heavy atom. The van der Waals surface area contributed by atoms with Crippen LogP contribution < -0.4 is 4.18 Å². The molecule has 2 amide bonds. The SMILES string of the molecule is CC(C)C1c2ccc(OS(=O)(=O)C(F)(F)F)cc2CCN1C(=O)C1CCN(C(=O)OC(C)(C)C)CC1. The van der Waals surface area contributed by atoms with Crippen LogP contribution in [0.5, 0.6) is 5.75 Å². The van der Waals surface area contributed by atoms with E-state index in [2.05, 4.69) is 4.18 Å². The molecule has 2 aliphatic heterocycles. The molecule has 1 unspecified atom stereocenters. The third kappa shape index (κ3) is 6.24. The number of benzene rings is 1. The highest BCUT2D eigenvalue weighted by Gasteiger charge is 2.48. The van der Waals surface area contributed by atoms with Crippen LogP contribution in [0.25, 0.3) is 0 Å². The van der Waals surface area contributed by atoms with Crippen LogP contribution in [0.3, 0.4) is 0 Å². The molecule has 3 rings (SSSR count). The number of carbonyl (C=O) groups excluding carboxylic acids is 2. The van der Waals surface area contributed by atoms with Crippen LogP contribution in [0.15, 0.2) is 18.2 Å². The maximum absolute atomic E-state index is 13.5. The van der Waals surface area contributed by atoms with Crippen molar-refractivity contribution in [3.8, 4) is 5.75 Å². The zero-order valence-electron chi connectivity index (χ0n) is 21.1. The third-order valence-corrected chi connectivity index (χ3v) is 7.27. The number of ether oxygens (including phenoxy) is 1. The number of halogens is 3. The van der Waals surface area contributed by atoms with Crippen LogP contribution >= 0.6 is 0 Å². The van der Waals surface area contributed by atoms with Gasteiger partial charge in [-0.25, -0.2) is 4.79 Å². The summed E-state index contributed by atoms with van der Waals surface area (Å²) in [6.07, 6.45) is 0.971. The van der Waals surface area contributed by atoms with E-state index in [1.807, 2.05) is 13.8 Å². The average molecular weight is 535 g/mol. The monoisotopic (exact) mass is 534 g/mol. The number of hydrogen-bond acceptors (Lipinski definition) is 6. The molecule has 2 heterocycles. The second-order valence-corrected chi connectivity index (χ2v) is 12.1. The first-order chi connectivity index (χ1) is 16.5. The van der Waals surface area contributed by atoms with Crippen molar-refractivity contribution in [2.75, 3.05) is 19.6 Å². The molecule has 1 aromatic rings. The van der Waals surface area contributed by atoms with Crippen LogP contribution in [-0.4, -0.2) is 61.0 Å². The van der Waals surface area contributed by atoms with E-state index in [1.165, 1.54) is 18.2 Å². The fraction of sp³-hybridized carbons (Fsp3) is 0.667. The van der Waals surface area contributed by atoms with Gasteiger partial charge in [-0.2, -0.15) is 21.6 Å². The molecule has 0 N–H and O–H groups in total. The number of rotatable bonds is 4. The summed E-state index contributed by atoms with van der Waals surface area (Å²) in [7, 11) is -5.77. The summed E-state index contributed by atoms with van der Waals surface area (Å²) in [5, 5.41) is 0. The first-order valence-corrected chi connectivity index (χ1v) is 13.3. The predicted molar refractivity (Wildman–Crippen MR) is 126 cm³/mol. The summed E-state index contributed by atoms with van der Waals surface area (Å²) >= 11 is 0. The normalized spacial score (nSPS) is 19.8. The molecular weight excluding hydrogens is 501 g/mol. The molecule has 0 bridgehead atoms. The molecule has 1 aromatic carbocycles. The third-order valence-electron chi connectivity index (χ3n) is 6.29. The Morgan fingerprint density at radius 3 is 2.19 bits per heavy atom. The predicted octanol–water partition coefficient (Wildman–Crippen LogP) is 4.64. The average Bonchev–Trinajstić information content (AvgIpc) is 2.75. The minimum Gasteiger partial charge on any atom is -0.444 e. The summed E-state index contributed by atoms with van der Waals surface area (Å²) in [6.45, 7) is 10.5. The molecule has 8 nitrogen and oxygen atoms in total. The number of fused-ring (bicyclic) bond motifs is 1. The van der Waals surface area contributed by atoms with Crippen molar-refractivity contribution in [3.05, 3.63) is 29.3 Å². The van der Waals surface area contributed by atoms with Crippen molar-refractivity contribution in [1.29, 1.82) is 0 Å². The number of amides is 2. The number of piperidine rings is 1. The van der Waals surface area contributed by atoms with Gasteiger partial charge in [-0.3, -0.25) is 4.79 Å². The van der Waals surface area contributed by atoms with Crippen molar-refractivity contribution in [2.24, 2.45) is 11.8 Å². The van der Waals surface area contributed by atoms with E-state index >= 15 is 0 Å².